The number of pyridine rings is 2. The lowest BCUT2D eigenvalue weighted by Gasteiger charge is -2.04. The number of para-hydroxylation sites is 1. The van der Waals surface area contributed by atoms with E-state index in [0.29, 0.717) is 5.82 Å². The van der Waals surface area contributed by atoms with Crippen molar-refractivity contribution < 1.29 is 9.59 Å². The van der Waals surface area contributed by atoms with E-state index in [1.165, 1.54) is 19.3 Å². The van der Waals surface area contributed by atoms with Gasteiger partial charge in [-0.15, -0.1) is 0 Å². The molecule has 164 valence electrons. The summed E-state index contributed by atoms with van der Waals surface area (Å²) in [6.07, 6.45) is 9.98. The highest BCUT2D eigenvalue weighted by molar-refractivity contribution is 6.93. The van der Waals surface area contributed by atoms with Crippen LogP contribution in [0.15, 0.2) is 48.8 Å². The number of carbonyl (C=O) groups is 2. The number of fused-ring (bicyclic) bond motifs is 2. The summed E-state index contributed by atoms with van der Waals surface area (Å²) in [5, 5.41) is 12.0. The number of hydrogen-bond donors (Lipinski definition) is 2. The van der Waals surface area contributed by atoms with Gasteiger partial charge < -0.3 is 5.32 Å². The molecule has 6 rings (SSSR count). The lowest BCUT2D eigenvalue weighted by atomic mass is 10.1. The maximum atomic E-state index is 12.0. The number of H-pyrrole nitrogens is 1. The zero-order valence-corrected chi connectivity index (χ0v) is 18.7. The van der Waals surface area contributed by atoms with Crippen LogP contribution in [0.4, 0.5) is 10.6 Å². The average molecular weight is 470 g/mol. The fourth-order valence-electron chi connectivity index (χ4n) is 2.95. The van der Waals surface area contributed by atoms with Crippen molar-refractivity contribution in [1.82, 2.24) is 20.2 Å². The summed E-state index contributed by atoms with van der Waals surface area (Å²) in [6.45, 7) is 0. The summed E-state index contributed by atoms with van der Waals surface area (Å²) in [7, 11) is 0. The highest BCUT2D eigenvalue weighted by Gasteiger charge is 2.30. The van der Waals surface area contributed by atoms with Crippen LogP contribution >= 0.6 is 23.2 Å². The Hall–Kier alpha value is -3.03. The van der Waals surface area contributed by atoms with Gasteiger partial charge in [0.15, 0.2) is 5.82 Å². The standard InChI is InChI=1S/C19H15N5O.C3H6.CCl2O/c25-19(11-5-6-11)22-18-14-8-16(21-10-17(14)23-24-18)13-7-12-3-1-2-4-15(12)20-9-13;1-2-3-1;2-1(3)4/h1-4,7-11H,5-6H2,(H2,22,23,24,25);1-3H2;. The zero-order chi connectivity index (χ0) is 22.5. The molecule has 3 heterocycles. The highest BCUT2D eigenvalue weighted by Crippen LogP contribution is 2.32. The number of carbonyl (C=O) groups excluding carboxylic acids is 2. The van der Waals surface area contributed by atoms with Gasteiger partial charge in [-0.25, -0.2) is 0 Å². The molecule has 0 bridgehead atoms. The molecule has 2 fully saturated rings. The van der Waals surface area contributed by atoms with Crippen molar-refractivity contribution in [1.29, 1.82) is 0 Å². The van der Waals surface area contributed by atoms with Crippen molar-refractivity contribution >= 4 is 61.4 Å². The maximum Gasteiger partial charge on any atom is 0.313 e. The minimum atomic E-state index is -0.889. The molecular formula is C23H21Cl2N5O2. The van der Waals surface area contributed by atoms with Crippen LogP contribution in [0, 0.1) is 5.92 Å². The van der Waals surface area contributed by atoms with Crippen LogP contribution in [0.25, 0.3) is 33.1 Å². The first-order valence-corrected chi connectivity index (χ1v) is 11.1. The van der Waals surface area contributed by atoms with Crippen molar-refractivity contribution in [2.24, 2.45) is 5.92 Å². The first-order valence-electron chi connectivity index (χ1n) is 10.4. The lowest BCUT2D eigenvalue weighted by molar-refractivity contribution is -0.117. The minimum Gasteiger partial charge on any atom is -0.308 e. The van der Waals surface area contributed by atoms with Crippen LogP contribution in [0.3, 0.4) is 0 Å². The Balaban J connectivity index is 0.000000305. The van der Waals surface area contributed by atoms with Crippen molar-refractivity contribution in [2.45, 2.75) is 32.1 Å². The largest absolute Gasteiger partial charge is 0.313 e. The van der Waals surface area contributed by atoms with Crippen molar-refractivity contribution in [3.63, 3.8) is 0 Å². The third-order valence-electron chi connectivity index (χ3n) is 4.88. The van der Waals surface area contributed by atoms with Crippen molar-refractivity contribution in [2.75, 3.05) is 5.32 Å². The van der Waals surface area contributed by atoms with Crippen LogP contribution in [-0.2, 0) is 4.79 Å². The predicted molar refractivity (Wildman–Crippen MR) is 127 cm³/mol. The molecule has 1 aromatic carbocycles. The Bertz CT molecular complexity index is 1260. The van der Waals surface area contributed by atoms with E-state index in [1.54, 1.807) is 6.20 Å². The first kappa shape index (κ1) is 22.2. The number of aromatic nitrogens is 4. The summed E-state index contributed by atoms with van der Waals surface area (Å²) < 4.78 is -0.889. The number of halogens is 2. The van der Waals surface area contributed by atoms with Gasteiger partial charge in [0.05, 0.1) is 22.9 Å². The van der Waals surface area contributed by atoms with E-state index in [9.17, 15) is 4.79 Å². The second-order valence-electron chi connectivity index (χ2n) is 7.65. The molecule has 9 heteroatoms. The number of nitrogens with zero attached hydrogens (tertiary/aromatic N) is 3. The molecule has 4 aromatic rings. The van der Waals surface area contributed by atoms with Gasteiger partial charge in [0.25, 0.3) is 0 Å². The van der Waals surface area contributed by atoms with Gasteiger partial charge in [-0.2, -0.15) is 5.10 Å². The predicted octanol–water partition coefficient (Wildman–Crippen LogP) is 6.28. The summed E-state index contributed by atoms with van der Waals surface area (Å²) in [5.74, 6) is 0.737. The summed E-state index contributed by atoms with van der Waals surface area (Å²) in [4.78, 5) is 30.0. The number of hydrogen-bond acceptors (Lipinski definition) is 5. The number of aromatic amines is 1. The normalized spacial score (nSPS) is 14.1. The van der Waals surface area contributed by atoms with Gasteiger partial charge in [-0.1, -0.05) is 37.5 Å². The fraction of sp³-hybridized carbons (Fsp3) is 0.261. The van der Waals surface area contributed by atoms with E-state index in [0.717, 1.165) is 45.9 Å². The van der Waals surface area contributed by atoms with Crippen LogP contribution in [0.1, 0.15) is 32.1 Å². The second-order valence-corrected chi connectivity index (χ2v) is 8.53. The van der Waals surface area contributed by atoms with Gasteiger partial charge in [0.2, 0.25) is 5.91 Å². The lowest BCUT2D eigenvalue weighted by Crippen LogP contribution is -2.13. The molecule has 3 aromatic heterocycles. The molecule has 2 N–H and O–H groups in total. The maximum absolute atomic E-state index is 12.0. The van der Waals surface area contributed by atoms with Crippen molar-refractivity contribution in [3.05, 3.63) is 48.8 Å². The second kappa shape index (κ2) is 10.1. The third-order valence-corrected chi connectivity index (χ3v) is 4.88. The van der Waals surface area contributed by atoms with Gasteiger partial charge >= 0.3 is 4.70 Å². The smallest absolute Gasteiger partial charge is 0.308 e. The zero-order valence-electron chi connectivity index (χ0n) is 17.1. The topological polar surface area (TPSA) is 101 Å². The molecule has 0 unspecified atom stereocenters. The van der Waals surface area contributed by atoms with Crippen LogP contribution in [0.2, 0.25) is 0 Å². The Morgan fingerprint density at radius 2 is 1.72 bits per heavy atom. The number of benzene rings is 1. The van der Waals surface area contributed by atoms with Crippen LogP contribution in [0.5, 0.6) is 0 Å². The van der Waals surface area contributed by atoms with Crippen molar-refractivity contribution in [3.8, 4) is 11.3 Å². The first-order chi connectivity index (χ1) is 15.5. The number of anilines is 1. The van der Waals surface area contributed by atoms with Gasteiger partial charge in [-0.05, 0) is 54.2 Å². The molecule has 7 nitrogen and oxygen atoms in total. The molecule has 2 aliphatic carbocycles. The van der Waals surface area contributed by atoms with E-state index < -0.39 is 4.70 Å². The molecule has 2 aliphatic rings. The summed E-state index contributed by atoms with van der Waals surface area (Å²) in [6, 6.07) is 12.0. The Morgan fingerprint density at radius 3 is 2.41 bits per heavy atom. The molecule has 0 aliphatic heterocycles. The monoisotopic (exact) mass is 469 g/mol. The Kier molecular flexibility index (Phi) is 6.97. The SMILES string of the molecule is C1CC1.O=C(Cl)Cl.O=C(Nc1n[nH]c2cnc(-c3cnc4ccccc4c3)cc12)C1CC1. The van der Waals surface area contributed by atoms with E-state index in [2.05, 4.69) is 54.8 Å². The van der Waals surface area contributed by atoms with Crippen LogP contribution in [-0.4, -0.2) is 30.8 Å². The molecule has 32 heavy (non-hydrogen) atoms. The molecule has 1 amide bonds. The fourth-order valence-corrected chi connectivity index (χ4v) is 2.95. The molecule has 0 spiro atoms. The Morgan fingerprint density at radius 1 is 1.00 bits per heavy atom. The number of rotatable bonds is 3. The van der Waals surface area contributed by atoms with E-state index >= 15 is 0 Å². The molecular weight excluding hydrogens is 449 g/mol. The molecule has 0 atom stereocenters. The highest BCUT2D eigenvalue weighted by atomic mass is 35.5. The Labute approximate surface area is 194 Å². The average Bonchev–Trinajstić information content (AvgIpc) is 3.70. The van der Waals surface area contributed by atoms with Gasteiger partial charge in [0, 0.05) is 28.5 Å². The molecule has 0 saturated heterocycles. The van der Waals surface area contributed by atoms with Crippen LogP contribution < -0.4 is 5.32 Å². The quantitative estimate of drug-likeness (QED) is 0.344. The van der Waals surface area contributed by atoms with Gasteiger partial charge in [0.1, 0.15) is 0 Å². The molecule has 0 radical (unpaired) electrons. The molecule has 2 saturated carbocycles. The third kappa shape index (κ3) is 6.02. The van der Waals surface area contributed by atoms with E-state index in [1.807, 2.05) is 36.5 Å². The summed E-state index contributed by atoms with van der Waals surface area (Å²) in [5.41, 5.74) is 3.48. The van der Waals surface area contributed by atoms with E-state index in [-0.39, 0.29) is 11.8 Å². The minimum absolute atomic E-state index is 0.0409. The summed E-state index contributed by atoms with van der Waals surface area (Å²) >= 11 is 8.80. The van der Waals surface area contributed by atoms with E-state index in [4.69, 9.17) is 4.79 Å². The van der Waals surface area contributed by atoms with Gasteiger partial charge in [-0.3, -0.25) is 24.7 Å². The number of nitrogens with one attached hydrogen (secondary N) is 2. The number of amides is 1.